The van der Waals surface area contributed by atoms with E-state index in [4.69, 9.17) is 5.26 Å². The summed E-state index contributed by atoms with van der Waals surface area (Å²) in [6.45, 7) is 1.84. The molecule has 7 nitrogen and oxygen atoms in total. The minimum Gasteiger partial charge on any atom is -0.345 e. The van der Waals surface area contributed by atoms with Gasteiger partial charge in [0.2, 0.25) is 5.91 Å². The minimum atomic E-state index is -0.923. The summed E-state index contributed by atoms with van der Waals surface area (Å²) in [6, 6.07) is 1.66. The minimum absolute atomic E-state index is 0.233. The number of hydrogen-bond donors (Lipinski definition) is 2. The Hall–Kier alpha value is -2.10. The molecule has 0 aliphatic rings. The van der Waals surface area contributed by atoms with E-state index in [0.29, 0.717) is 6.54 Å². The monoisotopic (exact) mass is 226 g/mol. The van der Waals surface area contributed by atoms with Crippen molar-refractivity contribution in [3.63, 3.8) is 0 Å². The average Bonchev–Trinajstić information content (AvgIpc) is 2.31. The van der Waals surface area contributed by atoms with Gasteiger partial charge in [-0.05, 0) is 6.92 Å². The van der Waals surface area contributed by atoms with Gasteiger partial charge in [-0.1, -0.05) is 0 Å². The zero-order chi connectivity index (χ0) is 12.6. The highest BCUT2D eigenvalue weighted by molar-refractivity contribution is 6.35. The fourth-order valence-electron chi connectivity index (χ4n) is 0.748. The van der Waals surface area contributed by atoms with Gasteiger partial charge in [-0.15, -0.1) is 0 Å². The Morgan fingerprint density at radius 1 is 1.25 bits per heavy atom. The number of nitriles is 1. The standard InChI is InChI=1S/C9H14N4O3/c1-3-13(2)7(14)6-12-9(16)8(15)11-5-4-10/h3,5-6H2,1-2H3,(H,11,15)(H,12,16). The summed E-state index contributed by atoms with van der Waals surface area (Å²) in [4.78, 5) is 34.7. The molecule has 2 N–H and O–H groups in total. The van der Waals surface area contributed by atoms with Gasteiger partial charge in [-0.3, -0.25) is 14.4 Å². The maximum Gasteiger partial charge on any atom is 0.310 e. The van der Waals surface area contributed by atoms with Gasteiger partial charge in [-0.25, -0.2) is 0 Å². The molecule has 88 valence electrons. The van der Waals surface area contributed by atoms with Crippen molar-refractivity contribution in [2.45, 2.75) is 6.92 Å². The number of nitrogens with one attached hydrogen (secondary N) is 2. The van der Waals surface area contributed by atoms with E-state index in [0.717, 1.165) is 0 Å². The van der Waals surface area contributed by atoms with Gasteiger partial charge in [0.25, 0.3) is 0 Å². The molecule has 0 fully saturated rings. The second-order valence-corrected chi connectivity index (χ2v) is 2.93. The summed E-state index contributed by atoms with van der Waals surface area (Å²) in [5, 5.41) is 12.4. The van der Waals surface area contributed by atoms with Crippen molar-refractivity contribution in [3.05, 3.63) is 0 Å². The molecule has 0 aliphatic carbocycles. The van der Waals surface area contributed by atoms with Crippen LogP contribution in [0.15, 0.2) is 0 Å². The zero-order valence-electron chi connectivity index (χ0n) is 9.24. The topological polar surface area (TPSA) is 102 Å². The van der Waals surface area contributed by atoms with E-state index in [9.17, 15) is 14.4 Å². The van der Waals surface area contributed by atoms with Crippen molar-refractivity contribution in [1.29, 1.82) is 5.26 Å². The lowest BCUT2D eigenvalue weighted by Gasteiger charge is -2.14. The zero-order valence-corrected chi connectivity index (χ0v) is 9.24. The van der Waals surface area contributed by atoms with Crippen LogP contribution in [0.2, 0.25) is 0 Å². The third kappa shape index (κ3) is 4.95. The molecule has 0 heterocycles. The van der Waals surface area contributed by atoms with E-state index in [1.54, 1.807) is 20.0 Å². The molecule has 0 aliphatic heterocycles. The third-order valence-corrected chi connectivity index (χ3v) is 1.83. The van der Waals surface area contributed by atoms with Gasteiger partial charge in [-0.2, -0.15) is 5.26 Å². The van der Waals surface area contributed by atoms with E-state index in [2.05, 4.69) is 10.6 Å². The molecular weight excluding hydrogens is 212 g/mol. The summed E-state index contributed by atoms with van der Waals surface area (Å²) >= 11 is 0. The van der Waals surface area contributed by atoms with Gasteiger partial charge in [0, 0.05) is 13.6 Å². The van der Waals surface area contributed by atoms with Crippen LogP contribution in [0.3, 0.4) is 0 Å². The van der Waals surface area contributed by atoms with E-state index in [1.807, 2.05) is 0 Å². The molecule has 0 atom stereocenters. The lowest BCUT2D eigenvalue weighted by atomic mass is 10.4. The van der Waals surface area contributed by atoms with Crippen molar-refractivity contribution in [3.8, 4) is 6.07 Å². The predicted molar refractivity (Wildman–Crippen MR) is 54.9 cm³/mol. The lowest BCUT2D eigenvalue weighted by molar-refractivity contribution is -0.140. The molecule has 0 spiro atoms. The summed E-state index contributed by atoms with van der Waals surface area (Å²) < 4.78 is 0. The number of carbonyl (C=O) groups is 3. The normalized spacial score (nSPS) is 8.81. The predicted octanol–water partition coefficient (Wildman–Crippen LogP) is -1.78. The largest absolute Gasteiger partial charge is 0.345 e. The van der Waals surface area contributed by atoms with Crippen molar-refractivity contribution >= 4 is 17.7 Å². The summed E-state index contributed by atoms with van der Waals surface area (Å²) in [5.41, 5.74) is 0. The van der Waals surface area contributed by atoms with Crippen LogP contribution >= 0.6 is 0 Å². The quantitative estimate of drug-likeness (QED) is 0.437. The number of likely N-dealkylation sites (N-methyl/N-ethyl adjacent to an activating group) is 1. The fraction of sp³-hybridized carbons (Fsp3) is 0.556. The molecule has 7 heteroatoms. The lowest BCUT2D eigenvalue weighted by Crippen LogP contribution is -2.44. The Morgan fingerprint density at radius 2 is 1.81 bits per heavy atom. The van der Waals surface area contributed by atoms with E-state index < -0.39 is 11.8 Å². The molecule has 0 bridgehead atoms. The Kier molecular flexibility index (Phi) is 6.28. The smallest absolute Gasteiger partial charge is 0.310 e. The Morgan fingerprint density at radius 3 is 2.31 bits per heavy atom. The molecule has 0 saturated carbocycles. The molecule has 0 aromatic rings. The maximum atomic E-state index is 11.2. The molecular formula is C9H14N4O3. The summed E-state index contributed by atoms with van der Waals surface area (Å²) in [5.74, 6) is -2.13. The number of hydrogen-bond acceptors (Lipinski definition) is 4. The van der Waals surface area contributed by atoms with Crippen molar-refractivity contribution in [2.75, 3.05) is 26.7 Å². The second-order valence-electron chi connectivity index (χ2n) is 2.93. The van der Waals surface area contributed by atoms with Crippen molar-refractivity contribution in [2.24, 2.45) is 0 Å². The fourth-order valence-corrected chi connectivity index (χ4v) is 0.748. The van der Waals surface area contributed by atoms with Crippen LogP contribution in [-0.4, -0.2) is 49.3 Å². The second kappa shape index (κ2) is 7.23. The van der Waals surface area contributed by atoms with Gasteiger partial charge in [0.1, 0.15) is 6.54 Å². The molecule has 0 rings (SSSR count). The average molecular weight is 226 g/mol. The highest BCUT2D eigenvalue weighted by Crippen LogP contribution is 1.81. The first kappa shape index (κ1) is 13.9. The first-order valence-electron chi connectivity index (χ1n) is 4.69. The molecule has 0 radical (unpaired) electrons. The molecule has 0 saturated heterocycles. The van der Waals surface area contributed by atoms with Gasteiger partial charge >= 0.3 is 11.8 Å². The van der Waals surface area contributed by atoms with E-state index in [-0.39, 0.29) is 19.0 Å². The Labute approximate surface area is 93.4 Å². The number of amides is 3. The van der Waals surface area contributed by atoms with Crippen molar-refractivity contribution < 1.29 is 14.4 Å². The Balaban J connectivity index is 3.94. The third-order valence-electron chi connectivity index (χ3n) is 1.83. The van der Waals surface area contributed by atoms with Crippen LogP contribution in [0.5, 0.6) is 0 Å². The first-order chi connectivity index (χ1) is 7.52. The van der Waals surface area contributed by atoms with Crippen LogP contribution in [0.1, 0.15) is 6.92 Å². The number of nitrogens with zero attached hydrogens (tertiary/aromatic N) is 2. The van der Waals surface area contributed by atoms with Crippen molar-refractivity contribution in [1.82, 2.24) is 15.5 Å². The first-order valence-corrected chi connectivity index (χ1v) is 4.69. The molecule has 16 heavy (non-hydrogen) atoms. The van der Waals surface area contributed by atoms with Gasteiger partial charge in [0.05, 0.1) is 12.6 Å². The highest BCUT2D eigenvalue weighted by atomic mass is 16.2. The Bertz CT molecular complexity index is 321. The maximum absolute atomic E-state index is 11.2. The van der Waals surface area contributed by atoms with Crippen LogP contribution in [0.4, 0.5) is 0 Å². The highest BCUT2D eigenvalue weighted by Gasteiger charge is 2.14. The van der Waals surface area contributed by atoms with Gasteiger partial charge < -0.3 is 15.5 Å². The summed E-state index contributed by atoms with van der Waals surface area (Å²) in [6.07, 6.45) is 0. The molecule has 3 amide bonds. The van der Waals surface area contributed by atoms with Gasteiger partial charge in [0.15, 0.2) is 0 Å². The summed E-state index contributed by atoms with van der Waals surface area (Å²) in [7, 11) is 1.59. The van der Waals surface area contributed by atoms with Crippen LogP contribution < -0.4 is 10.6 Å². The van der Waals surface area contributed by atoms with E-state index in [1.165, 1.54) is 4.90 Å². The molecule has 0 aromatic heterocycles. The van der Waals surface area contributed by atoms with Crippen LogP contribution in [0, 0.1) is 11.3 Å². The van der Waals surface area contributed by atoms with Crippen LogP contribution in [-0.2, 0) is 14.4 Å². The molecule has 0 aromatic carbocycles. The van der Waals surface area contributed by atoms with Crippen LogP contribution in [0.25, 0.3) is 0 Å². The SMILES string of the molecule is CCN(C)C(=O)CNC(=O)C(=O)NCC#N. The number of rotatable bonds is 4. The van der Waals surface area contributed by atoms with E-state index >= 15 is 0 Å². The molecule has 0 unspecified atom stereocenters. The number of carbonyl (C=O) groups excluding carboxylic acids is 3.